The third-order valence-electron chi connectivity index (χ3n) is 0.957. The van der Waals surface area contributed by atoms with Crippen LogP contribution in [0, 0.1) is 16.2 Å². The molecular formula is C9H17N3O3. The molecule has 0 radical (unpaired) electrons. The van der Waals surface area contributed by atoms with Crippen molar-refractivity contribution in [2.24, 2.45) is 0 Å². The number of hydrogen-bond acceptors (Lipinski definition) is 6. The zero-order chi connectivity index (χ0) is 12.9. The molecule has 0 spiro atoms. The van der Waals surface area contributed by atoms with Crippen molar-refractivity contribution in [3.05, 3.63) is 0 Å². The van der Waals surface area contributed by atoms with Gasteiger partial charge in [-0.05, 0) is 0 Å². The maximum Gasteiger partial charge on any atom is 0.231 e. The summed E-state index contributed by atoms with van der Waals surface area (Å²) in [5, 5.41) is 16.2. The summed E-state index contributed by atoms with van der Waals surface area (Å²) in [7, 11) is 0. The summed E-state index contributed by atoms with van der Waals surface area (Å²) in [6.45, 7) is 4.46. The maximum absolute atomic E-state index is 8.35. The van der Waals surface area contributed by atoms with Crippen molar-refractivity contribution in [1.82, 2.24) is 0 Å². The second-order valence-corrected chi connectivity index (χ2v) is 2.01. The molecule has 0 saturated carbocycles. The highest BCUT2D eigenvalue weighted by Gasteiger charge is 1.75. The molecule has 0 aromatic rings. The number of carbonyl (C=O) groups excluding carboxylic acids is 3. The van der Waals surface area contributed by atoms with Crippen LogP contribution in [-0.4, -0.2) is 18.2 Å². The van der Waals surface area contributed by atoms with Crippen molar-refractivity contribution in [3.8, 4) is 0 Å². The van der Waals surface area contributed by atoms with Crippen molar-refractivity contribution in [2.75, 3.05) is 0 Å². The summed E-state index contributed by atoms with van der Waals surface area (Å²) in [4.78, 5) is 25.0. The molecule has 0 saturated heterocycles. The lowest BCUT2D eigenvalue weighted by molar-refractivity contribution is 0.562. The quantitative estimate of drug-likeness (QED) is 0.380. The molecule has 0 aliphatic rings. The van der Waals surface area contributed by atoms with E-state index < -0.39 is 0 Å². The Balaban J connectivity index is -0.0000000581. The van der Waals surface area contributed by atoms with Crippen molar-refractivity contribution in [2.45, 2.75) is 39.5 Å². The minimum Gasteiger partial charge on any atom is -0.222 e. The van der Waals surface area contributed by atoms with E-state index in [0.717, 1.165) is 18.2 Å². The van der Waals surface area contributed by atoms with Gasteiger partial charge in [-0.3, -0.25) is 0 Å². The first-order chi connectivity index (χ1) is 7.16. The van der Waals surface area contributed by atoms with Crippen LogP contribution in [0.25, 0.3) is 0 Å². The van der Waals surface area contributed by atoms with Gasteiger partial charge in [-0.2, -0.15) is 0 Å². The van der Waals surface area contributed by atoms with Gasteiger partial charge in [-0.25, -0.2) is 30.6 Å². The lowest BCUT2D eigenvalue weighted by Crippen LogP contribution is -1.66. The van der Waals surface area contributed by atoms with Crippen LogP contribution < -0.4 is 0 Å². The van der Waals surface area contributed by atoms with Gasteiger partial charge in [0, 0.05) is 0 Å². The maximum atomic E-state index is 8.35. The van der Waals surface area contributed by atoms with Crippen LogP contribution in [0.1, 0.15) is 39.5 Å². The highest BCUT2D eigenvalue weighted by Crippen LogP contribution is 1.95. The van der Waals surface area contributed by atoms with Crippen molar-refractivity contribution >= 4 is 18.2 Å². The Labute approximate surface area is 89.2 Å². The van der Waals surface area contributed by atoms with Gasteiger partial charge in [-0.15, -0.1) is 0 Å². The Morgan fingerprint density at radius 3 is 0.933 bits per heavy atom. The van der Waals surface area contributed by atoms with E-state index in [1.165, 1.54) is 25.7 Å². The van der Waals surface area contributed by atoms with Gasteiger partial charge in [0.25, 0.3) is 0 Å². The molecule has 0 heterocycles. The fourth-order valence-electron chi connectivity index (χ4n) is 0.500. The van der Waals surface area contributed by atoms with Crippen LogP contribution in [0.5, 0.6) is 0 Å². The van der Waals surface area contributed by atoms with E-state index in [4.69, 9.17) is 30.6 Å². The normalized spacial score (nSPS) is 5.20. The molecule has 86 valence electrons. The molecule has 0 rings (SSSR count). The summed E-state index contributed by atoms with van der Waals surface area (Å²) in [5.41, 5.74) is 0. The predicted octanol–water partition coefficient (Wildman–Crippen LogP) is 2.29. The lowest BCUT2D eigenvalue weighted by atomic mass is 10.2. The van der Waals surface area contributed by atoms with Gasteiger partial charge in [-0.1, -0.05) is 39.5 Å². The second-order valence-electron chi connectivity index (χ2n) is 2.01. The van der Waals surface area contributed by atoms with E-state index >= 15 is 0 Å². The molecule has 0 unspecified atom stereocenters. The molecule has 0 bridgehead atoms. The minimum absolute atomic E-state index is 0.750. The molecule has 0 aliphatic heterocycles. The molecule has 0 aromatic carbocycles. The second kappa shape index (κ2) is 57.0. The summed E-state index contributed by atoms with van der Waals surface area (Å²) >= 11 is 0. The highest BCUT2D eigenvalue weighted by atomic mass is 16.1. The minimum atomic E-state index is 0.750. The van der Waals surface area contributed by atoms with E-state index in [1.807, 2.05) is 0 Å². The summed E-state index contributed by atoms with van der Waals surface area (Å²) < 4.78 is 0. The molecule has 0 fully saturated rings. The molecule has 6 nitrogen and oxygen atoms in total. The van der Waals surface area contributed by atoms with Gasteiger partial charge < -0.3 is 0 Å². The van der Waals surface area contributed by atoms with Crippen molar-refractivity contribution in [1.29, 1.82) is 16.2 Å². The Kier molecular flexibility index (Phi) is 88.1. The summed E-state index contributed by atoms with van der Waals surface area (Å²) in [5.74, 6) is 0. The van der Waals surface area contributed by atoms with Crippen LogP contribution in [0.4, 0.5) is 0 Å². The molecule has 6 heteroatoms. The Morgan fingerprint density at radius 2 is 0.867 bits per heavy atom. The molecule has 0 atom stereocenters. The van der Waals surface area contributed by atoms with Crippen LogP contribution in [0.2, 0.25) is 0 Å². The van der Waals surface area contributed by atoms with Crippen LogP contribution in [-0.2, 0) is 14.4 Å². The van der Waals surface area contributed by atoms with Crippen molar-refractivity contribution in [3.63, 3.8) is 0 Å². The molecule has 0 aliphatic carbocycles. The third-order valence-corrected chi connectivity index (χ3v) is 0.957. The molecular weight excluding hydrogens is 198 g/mol. The zero-order valence-corrected chi connectivity index (χ0v) is 9.05. The van der Waals surface area contributed by atoms with Crippen LogP contribution in [0.3, 0.4) is 0 Å². The predicted molar refractivity (Wildman–Crippen MR) is 55.1 cm³/mol. The van der Waals surface area contributed by atoms with E-state index in [1.54, 1.807) is 0 Å². The number of unbranched alkanes of at least 4 members (excludes halogenated alkanes) is 3. The number of rotatable bonds is 3. The van der Waals surface area contributed by atoms with Crippen LogP contribution >= 0.6 is 0 Å². The number of isocyanates is 3. The average Bonchev–Trinajstić information content (AvgIpc) is 2.18. The molecule has 0 aromatic heterocycles. The molecule has 0 amide bonds. The standard InChI is InChI=1S/C6H14.3CHNO/c1-3-5-6-4-2;3*2-1-3/h3-6H2,1-2H3;3*2H. The average molecular weight is 215 g/mol. The van der Waals surface area contributed by atoms with Crippen LogP contribution in [0.15, 0.2) is 0 Å². The summed E-state index contributed by atoms with van der Waals surface area (Å²) in [6.07, 6.45) is 7.79. The summed E-state index contributed by atoms with van der Waals surface area (Å²) in [6, 6.07) is 0. The number of nitrogens with one attached hydrogen (secondary N) is 3. The largest absolute Gasteiger partial charge is 0.231 e. The van der Waals surface area contributed by atoms with Gasteiger partial charge in [0.1, 0.15) is 0 Å². The monoisotopic (exact) mass is 215 g/mol. The Hall–Kier alpha value is -1.86. The fraction of sp³-hybridized carbons (Fsp3) is 0.667. The SMILES string of the molecule is CCCCCC.N=C=O.N=C=O.N=C=O. The first kappa shape index (κ1) is 23.2. The van der Waals surface area contributed by atoms with Gasteiger partial charge in [0.05, 0.1) is 0 Å². The van der Waals surface area contributed by atoms with Gasteiger partial charge >= 0.3 is 0 Å². The van der Waals surface area contributed by atoms with E-state index in [9.17, 15) is 0 Å². The lowest BCUT2D eigenvalue weighted by Gasteiger charge is -1.86. The fourth-order valence-corrected chi connectivity index (χ4v) is 0.500. The smallest absolute Gasteiger partial charge is 0.222 e. The highest BCUT2D eigenvalue weighted by molar-refractivity contribution is 5.26. The number of hydrogen-bond donors (Lipinski definition) is 3. The Bertz CT molecular complexity index is 154. The zero-order valence-electron chi connectivity index (χ0n) is 9.05. The first-order valence-electron chi connectivity index (χ1n) is 4.28. The van der Waals surface area contributed by atoms with Gasteiger partial charge in [0.2, 0.25) is 18.2 Å². The first-order valence-corrected chi connectivity index (χ1v) is 4.28. The topological polar surface area (TPSA) is 123 Å². The van der Waals surface area contributed by atoms with Crippen molar-refractivity contribution < 1.29 is 14.4 Å². The molecule has 15 heavy (non-hydrogen) atoms. The van der Waals surface area contributed by atoms with Gasteiger partial charge in [0.15, 0.2) is 0 Å². The molecule has 3 N–H and O–H groups in total. The van der Waals surface area contributed by atoms with E-state index in [2.05, 4.69) is 13.8 Å². The van der Waals surface area contributed by atoms with E-state index in [0.29, 0.717) is 0 Å². The van der Waals surface area contributed by atoms with E-state index in [-0.39, 0.29) is 0 Å². The Morgan fingerprint density at radius 1 is 0.733 bits per heavy atom. The third kappa shape index (κ3) is 960.